The molecule has 2 rings (SSSR count). The van der Waals surface area contributed by atoms with E-state index in [4.69, 9.17) is 5.73 Å². The van der Waals surface area contributed by atoms with Gasteiger partial charge in [0.1, 0.15) is 0 Å². The predicted molar refractivity (Wildman–Crippen MR) is 75.4 cm³/mol. The standard InChI is InChI=1S/C15H23N3O/c1-15(2,3)13(16)14(19)18-9-5-7-12(18)11-6-4-8-17-10-11/h4,6,8,10,12-13H,5,7,9,16H2,1-3H3/t12?,13-/m1/s1. The highest BCUT2D eigenvalue weighted by atomic mass is 16.2. The number of nitrogens with two attached hydrogens (primary N) is 1. The van der Waals surface area contributed by atoms with Gasteiger partial charge in [0.05, 0.1) is 12.1 Å². The molecule has 1 amide bonds. The van der Waals surface area contributed by atoms with Crippen LogP contribution < -0.4 is 5.73 Å². The maximum atomic E-state index is 12.6. The van der Waals surface area contributed by atoms with Crippen molar-refractivity contribution in [3.05, 3.63) is 30.1 Å². The minimum absolute atomic E-state index is 0.0545. The molecule has 0 aromatic carbocycles. The fraction of sp³-hybridized carbons (Fsp3) is 0.600. The first-order chi connectivity index (χ1) is 8.91. The monoisotopic (exact) mass is 261 g/mol. The molecule has 19 heavy (non-hydrogen) atoms. The molecule has 2 atom stereocenters. The van der Waals surface area contributed by atoms with E-state index in [1.807, 2.05) is 44.0 Å². The Balaban J connectivity index is 2.18. The molecule has 104 valence electrons. The topological polar surface area (TPSA) is 59.2 Å². The van der Waals surface area contributed by atoms with Crippen LogP contribution >= 0.6 is 0 Å². The van der Waals surface area contributed by atoms with Crippen LogP contribution in [0.2, 0.25) is 0 Å². The molecule has 1 aliphatic rings. The van der Waals surface area contributed by atoms with E-state index in [1.54, 1.807) is 6.20 Å². The molecule has 4 heteroatoms. The van der Waals surface area contributed by atoms with Crippen molar-refractivity contribution < 1.29 is 4.79 Å². The highest BCUT2D eigenvalue weighted by molar-refractivity contribution is 5.83. The Morgan fingerprint density at radius 1 is 1.53 bits per heavy atom. The number of likely N-dealkylation sites (tertiary alicyclic amines) is 1. The van der Waals surface area contributed by atoms with Gasteiger partial charge in [0.2, 0.25) is 5.91 Å². The maximum absolute atomic E-state index is 12.6. The molecule has 0 radical (unpaired) electrons. The van der Waals surface area contributed by atoms with Gasteiger partial charge in [-0.15, -0.1) is 0 Å². The summed E-state index contributed by atoms with van der Waals surface area (Å²) in [6.07, 6.45) is 5.63. The average Bonchev–Trinajstić information content (AvgIpc) is 2.86. The fourth-order valence-corrected chi connectivity index (χ4v) is 2.50. The molecular formula is C15H23N3O. The molecule has 2 heterocycles. The van der Waals surface area contributed by atoms with Crippen LogP contribution in [0, 0.1) is 5.41 Å². The van der Waals surface area contributed by atoms with Crippen molar-refractivity contribution in [1.29, 1.82) is 0 Å². The second kappa shape index (κ2) is 5.29. The number of pyridine rings is 1. The Morgan fingerprint density at radius 2 is 2.26 bits per heavy atom. The van der Waals surface area contributed by atoms with Crippen LogP contribution in [-0.4, -0.2) is 28.4 Å². The third kappa shape index (κ3) is 2.95. The lowest BCUT2D eigenvalue weighted by Gasteiger charge is -2.33. The minimum Gasteiger partial charge on any atom is -0.334 e. The number of nitrogens with zero attached hydrogens (tertiary/aromatic N) is 2. The highest BCUT2D eigenvalue weighted by Gasteiger charge is 2.36. The Kier molecular flexibility index (Phi) is 3.90. The molecular weight excluding hydrogens is 238 g/mol. The van der Waals surface area contributed by atoms with E-state index >= 15 is 0 Å². The normalized spacial score (nSPS) is 21.5. The van der Waals surface area contributed by atoms with Gasteiger partial charge in [-0.2, -0.15) is 0 Å². The second-order valence-corrected chi connectivity index (χ2v) is 6.32. The summed E-state index contributed by atoms with van der Waals surface area (Å²) in [5.74, 6) is 0.0545. The summed E-state index contributed by atoms with van der Waals surface area (Å²) in [5, 5.41) is 0. The lowest BCUT2D eigenvalue weighted by molar-refractivity contribution is -0.135. The van der Waals surface area contributed by atoms with Crippen LogP contribution in [0.3, 0.4) is 0 Å². The summed E-state index contributed by atoms with van der Waals surface area (Å²) in [6, 6.07) is 3.63. The van der Waals surface area contributed by atoms with Gasteiger partial charge in [-0.25, -0.2) is 0 Å². The zero-order valence-corrected chi connectivity index (χ0v) is 12.0. The van der Waals surface area contributed by atoms with E-state index in [0.29, 0.717) is 0 Å². The molecule has 1 unspecified atom stereocenters. The number of amides is 1. The Labute approximate surface area is 115 Å². The quantitative estimate of drug-likeness (QED) is 0.887. The van der Waals surface area contributed by atoms with Crippen molar-refractivity contribution in [2.75, 3.05) is 6.54 Å². The van der Waals surface area contributed by atoms with Crippen LogP contribution in [-0.2, 0) is 4.79 Å². The Hall–Kier alpha value is -1.42. The molecule has 1 aliphatic heterocycles. The highest BCUT2D eigenvalue weighted by Crippen LogP contribution is 2.33. The summed E-state index contributed by atoms with van der Waals surface area (Å²) in [6.45, 7) is 6.81. The number of aromatic nitrogens is 1. The van der Waals surface area contributed by atoms with Gasteiger partial charge in [-0.1, -0.05) is 26.8 Å². The van der Waals surface area contributed by atoms with Gasteiger partial charge in [0, 0.05) is 18.9 Å². The molecule has 1 saturated heterocycles. The van der Waals surface area contributed by atoms with Gasteiger partial charge >= 0.3 is 0 Å². The van der Waals surface area contributed by atoms with Crippen LogP contribution in [0.5, 0.6) is 0 Å². The zero-order valence-electron chi connectivity index (χ0n) is 12.0. The number of carbonyl (C=O) groups is 1. The SMILES string of the molecule is CC(C)(C)[C@H](N)C(=O)N1CCCC1c1cccnc1. The smallest absolute Gasteiger partial charge is 0.240 e. The first kappa shape index (κ1) is 14.0. The Morgan fingerprint density at radius 3 is 2.84 bits per heavy atom. The van der Waals surface area contributed by atoms with Gasteiger partial charge < -0.3 is 10.6 Å². The van der Waals surface area contributed by atoms with Crippen molar-refractivity contribution in [1.82, 2.24) is 9.88 Å². The molecule has 0 spiro atoms. The van der Waals surface area contributed by atoms with Crippen molar-refractivity contribution in [3.8, 4) is 0 Å². The molecule has 4 nitrogen and oxygen atoms in total. The second-order valence-electron chi connectivity index (χ2n) is 6.32. The summed E-state index contributed by atoms with van der Waals surface area (Å²) in [4.78, 5) is 18.6. The molecule has 1 aromatic rings. The van der Waals surface area contributed by atoms with Crippen LogP contribution in [0.1, 0.15) is 45.2 Å². The first-order valence-corrected chi connectivity index (χ1v) is 6.87. The van der Waals surface area contributed by atoms with Gasteiger partial charge in [0.15, 0.2) is 0 Å². The Bertz CT molecular complexity index is 438. The van der Waals surface area contributed by atoms with E-state index < -0.39 is 6.04 Å². The number of rotatable bonds is 2. The lowest BCUT2D eigenvalue weighted by atomic mass is 9.86. The lowest BCUT2D eigenvalue weighted by Crippen LogP contribution is -2.50. The molecule has 0 saturated carbocycles. The van der Waals surface area contributed by atoms with Gasteiger partial charge in [0.25, 0.3) is 0 Å². The van der Waals surface area contributed by atoms with E-state index in [9.17, 15) is 4.79 Å². The van der Waals surface area contributed by atoms with Gasteiger partial charge in [-0.3, -0.25) is 9.78 Å². The summed E-state index contributed by atoms with van der Waals surface area (Å²) in [7, 11) is 0. The summed E-state index contributed by atoms with van der Waals surface area (Å²) >= 11 is 0. The molecule has 2 N–H and O–H groups in total. The molecule has 0 aliphatic carbocycles. The summed E-state index contributed by atoms with van der Waals surface area (Å²) in [5.41, 5.74) is 7.00. The third-order valence-corrected chi connectivity index (χ3v) is 3.80. The zero-order chi connectivity index (χ0) is 14.0. The van der Waals surface area contributed by atoms with E-state index in [-0.39, 0.29) is 17.4 Å². The summed E-state index contributed by atoms with van der Waals surface area (Å²) < 4.78 is 0. The minimum atomic E-state index is -0.454. The largest absolute Gasteiger partial charge is 0.334 e. The van der Waals surface area contributed by atoms with E-state index in [0.717, 1.165) is 24.9 Å². The van der Waals surface area contributed by atoms with Crippen molar-refractivity contribution >= 4 is 5.91 Å². The fourth-order valence-electron chi connectivity index (χ4n) is 2.50. The van der Waals surface area contributed by atoms with E-state index in [2.05, 4.69) is 4.98 Å². The van der Waals surface area contributed by atoms with Crippen molar-refractivity contribution in [2.24, 2.45) is 11.1 Å². The maximum Gasteiger partial charge on any atom is 0.240 e. The number of carbonyl (C=O) groups excluding carboxylic acids is 1. The van der Waals surface area contributed by atoms with E-state index in [1.165, 1.54) is 0 Å². The molecule has 1 fully saturated rings. The van der Waals surface area contributed by atoms with Crippen LogP contribution in [0.4, 0.5) is 0 Å². The molecule has 1 aromatic heterocycles. The molecule has 0 bridgehead atoms. The van der Waals surface area contributed by atoms with Crippen LogP contribution in [0.25, 0.3) is 0 Å². The number of hydrogen-bond acceptors (Lipinski definition) is 3. The predicted octanol–water partition coefficient (Wildman–Crippen LogP) is 2.12. The number of hydrogen-bond donors (Lipinski definition) is 1. The van der Waals surface area contributed by atoms with Crippen molar-refractivity contribution in [3.63, 3.8) is 0 Å². The van der Waals surface area contributed by atoms with Crippen molar-refractivity contribution in [2.45, 2.75) is 45.7 Å². The van der Waals surface area contributed by atoms with Gasteiger partial charge in [-0.05, 0) is 29.9 Å². The first-order valence-electron chi connectivity index (χ1n) is 6.87. The third-order valence-electron chi connectivity index (χ3n) is 3.80. The van der Waals surface area contributed by atoms with Crippen LogP contribution in [0.15, 0.2) is 24.5 Å². The average molecular weight is 261 g/mol.